The quantitative estimate of drug-likeness (QED) is 0.682. The molecule has 106 valence electrons. The minimum Gasteiger partial charge on any atom is -0.480 e. The van der Waals surface area contributed by atoms with Gasteiger partial charge in [-0.2, -0.15) is 0 Å². The lowest BCUT2D eigenvalue weighted by Crippen LogP contribution is -2.43. The highest BCUT2D eigenvalue weighted by Crippen LogP contribution is 2.24. The number of rotatable bonds is 8. The molecule has 19 heavy (non-hydrogen) atoms. The van der Waals surface area contributed by atoms with Crippen molar-refractivity contribution in [3.05, 3.63) is 28.7 Å². The van der Waals surface area contributed by atoms with Gasteiger partial charge in [-0.1, -0.05) is 54.6 Å². The van der Waals surface area contributed by atoms with Crippen molar-refractivity contribution in [1.82, 2.24) is 0 Å². The third-order valence-electron chi connectivity index (χ3n) is 3.25. The first-order valence-corrected chi connectivity index (χ1v) is 7.54. The minimum atomic E-state index is -0.908. The Hall–Kier alpha value is -1.03. The lowest BCUT2D eigenvalue weighted by molar-refractivity contribution is -0.142. The van der Waals surface area contributed by atoms with Crippen LogP contribution in [0.5, 0.6) is 0 Å². The first-order chi connectivity index (χ1) is 8.98. The monoisotopic (exact) mass is 327 g/mol. The molecule has 0 amide bonds. The van der Waals surface area contributed by atoms with Crippen molar-refractivity contribution in [2.75, 3.05) is 5.32 Å². The second kappa shape index (κ2) is 7.53. The lowest BCUT2D eigenvalue weighted by atomic mass is 9.93. The zero-order valence-corrected chi connectivity index (χ0v) is 13.2. The number of carboxylic acids is 1. The Bertz CT molecular complexity index is 422. The average molecular weight is 328 g/mol. The van der Waals surface area contributed by atoms with Crippen molar-refractivity contribution < 1.29 is 9.90 Å². The molecule has 2 N–H and O–H groups in total. The Morgan fingerprint density at radius 1 is 1.37 bits per heavy atom. The first-order valence-electron chi connectivity index (χ1n) is 6.75. The molecule has 0 aromatic heterocycles. The van der Waals surface area contributed by atoms with Crippen LogP contribution in [0.15, 0.2) is 28.7 Å². The molecule has 0 fully saturated rings. The zero-order valence-electron chi connectivity index (χ0n) is 11.6. The van der Waals surface area contributed by atoms with Crippen LogP contribution < -0.4 is 5.32 Å². The van der Waals surface area contributed by atoms with Gasteiger partial charge in [0.1, 0.15) is 5.54 Å². The predicted octanol–water partition coefficient (Wildman–Crippen LogP) is 4.67. The Kier molecular flexibility index (Phi) is 6.35. The second-order valence-electron chi connectivity index (χ2n) is 5.08. The highest BCUT2D eigenvalue weighted by molar-refractivity contribution is 9.10. The summed E-state index contributed by atoms with van der Waals surface area (Å²) in [6, 6.07) is 7.60. The molecule has 1 aromatic carbocycles. The SMILES string of the molecule is CCCCCCC(C)(Nc1cccc(Br)c1)C(=O)O. The van der Waals surface area contributed by atoms with Crippen LogP contribution in [0.25, 0.3) is 0 Å². The summed E-state index contributed by atoms with van der Waals surface area (Å²) in [5.74, 6) is -0.802. The minimum absolute atomic E-state index is 0.634. The standard InChI is InChI=1S/C15H22BrNO2/c1-3-4-5-6-10-15(2,14(18)19)17-13-9-7-8-12(16)11-13/h7-9,11,17H,3-6,10H2,1-2H3,(H,18,19). The summed E-state index contributed by atoms with van der Waals surface area (Å²) in [7, 11) is 0. The van der Waals surface area contributed by atoms with Gasteiger partial charge in [0.05, 0.1) is 0 Å². The molecule has 0 saturated carbocycles. The summed E-state index contributed by atoms with van der Waals surface area (Å²) in [6.45, 7) is 3.90. The fourth-order valence-corrected chi connectivity index (χ4v) is 2.41. The van der Waals surface area contributed by atoms with Crippen LogP contribution in [-0.2, 0) is 4.79 Å². The Morgan fingerprint density at radius 2 is 2.11 bits per heavy atom. The molecule has 0 spiro atoms. The van der Waals surface area contributed by atoms with Gasteiger partial charge in [0.25, 0.3) is 0 Å². The summed E-state index contributed by atoms with van der Waals surface area (Å²) in [6.07, 6.45) is 4.96. The Morgan fingerprint density at radius 3 is 2.68 bits per heavy atom. The molecule has 0 bridgehead atoms. The number of benzene rings is 1. The van der Waals surface area contributed by atoms with E-state index in [4.69, 9.17) is 0 Å². The van der Waals surface area contributed by atoms with Gasteiger partial charge in [-0.15, -0.1) is 0 Å². The van der Waals surface area contributed by atoms with Crippen LogP contribution in [0.1, 0.15) is 46.0 Å². The molecule has 1 unspecified atom stereocenters. The van der Waals surface area contributed by atoms with Crippen LogP contribution in [-0.4, -0.2) is 16.6 Å². The number of hydrogen-bond acceptors (Lipinski definition) is 2. The van der Waals surface area contributed by atoms with Crippen LogP contribution in [0.3, 0.4) is 0 Å². The van der Waals surface area contributed by atoms with E-state index in [0.717, 1.165) is 35.8 Å². The molecule has 4 heteroatoms. The van der Waals surface area contributed by atoms with E-state index in [1.807, 2.05) is 24.3 Å². The van der Waals surface area contributed by atoms with Gasteiger partial charge < -0.3 is 10.4 Å². The van der Waals surface area contributed by atoms with E-state index in [2.05, 4.69) is 28.2 Å². The molecular formula is C15H22BrNO2. The van der Waals surface area contributed by atoms with Crippen molar-refractivity contribution in [3.8, 4) is 0 Å². The number of unbranched alkanes of at least 4 members (excludes halogenated alkanes) is 3. The van der Waals surface area contributed by atoms with E-state index in [1.54, 1.807) is 6.92 Å². The summed E-state index contributed by atoms with van der Waals surface area (Å²) >= 11 is 3.39. The van der Waals surface area contributed by atoms with E-state index in [9.17, 15) is 9.90 Å². The summed E-state index contributed by atoms with van der Waals surface area (Å²) in [5.41, 5.74) is -0.0797. The third kappa shape index (κ3) is 5.23. The summed E-state index contributed by atoms with van der Waals surface area (Å²) < 4.78 is 0.941. The molecule has 1 aromatic rings. The van der Waals surface area contributed by atoms with Gasteiger partial charge in [-0.25, -0.2) is 4.79 Å². The number of carboxylic acid groups (broad SMARTS) is 1. The Labute approximate surface area is 123 Å². The summed E-state index contributed by atoms with van der Waals surface area (Å²) in [5, 5.41) is 12.6. The highest BCUT2D eigenvalue weighted by atomic mass is 79.9. The molecule has 1 rings (SSSR count). The molecule has 0 radical (unpaired) electrons. The van der Waals surface area contributed by atoms with Crippen LogP contribution in [0.4, 0.5) is 5.69 Å². The molecule has 0 aliphatic rings. The van der Waals surface area contributed by atoms with E-state index in [-0.39, 0.29) is 0 Å². The summed E-state index contributed by atoms with van der Waals surface area (Å²) in [4.78, 5) is 11.5. The molecule has 0 aliphatic carbocycles. The van der Waals surface area contributed by atoms with Crippen molar-refractivity contribution in [2.24, 2.45) is 0 Å². The zero-order chi connectivity index (χ0) is 14.3. The topological polar surface area (TPSA) is 49.3 Å². The van der Waals surface area contributed by atoms with Gasteiger partial charge in [0.2, 0.25) is 0 Å². The molecule has 1 atom stereocenters. The Balaban J connectivity index is 2.68. The number of hydrogen-bond donors (Lipinski definition) is 2. The maximum absolute atomic E-state index is 11.5. The first kappa shape index (κ1) is 16.0. The number of nitrogens with one attached hydrogen (secondary N) is 1. The number of halogens is 1. The highest BCUT2D eigenvalue weighted by Gasteiger charge is 2.32. The van der Waals surface area contributed by atoms with Crippen molar-refractivity contribution in [2.45, 2.75) is 51.5 Å². The van der Waals surface area contributed by atoms with Crippen LogP contribution in [0, 0.1) is 0 Å². The molecule has 0 aliphatic heterocycles. The van der Waals surface area contributed by atoms with Gasteiger partial charge in [0, 0.05) is 10.2 Å². The van der Waals surface area contributed by atoms with Gasteiger partial charge in [-0.3, -0.25) is 0 Å². The average Bonchev–Trinajstić information content (AvgIpc) is 2.34. The van der Waals surface area contributed by atoms with Crippen molar-refractivity contribution >= 4 is 27.6 Å². The second-order valence-corrected chi connectivity index (χ2v) is 6.00. The fraction of sp³-hybridized carbons (Fsp3) is 0.533. The smallest absolute Gasteiger partial charge is 0.329 e. The number of carbonyl (C=O) groups is 1. The molecule has 0 heterocycles. The molecule has 3 nitrogen and oxygen atoms in total. The fourth-order valence-electron chi connectivity index (χ4n) is 2.01. The van der Waals surface area contributed by atoms with E-state index >= 15 is 0 Å². The maximum Gasteiger partial charge on any atom is 0.329 e. The normalized spacial score (nSPS) is 13.8. The van der Waals surface area contributed by atoms with Gasteiger partial charge in [0.15, 0.2) is 0 Å². The largest absolute Gasteiger partial charge is 0.480 e. The predicted molar refractivity (Wildman–Crippen MR) is 82.6 cm³/mol. The van der Waals surface area contributed by atoms with Gasteiger partial charge >= 0.3 is 5.97 Å². The number of anilines is 1. The number of aliphatic carboxylic acids is 1. The van der Waals surface area contributed by atoms with E-state index in [1.165, 1.54) is 0 Å². The maximum atomic E-state index is 11.5. The third-order valence-corrected chi connectivity index (χ3v) is 3.74. The lowest BCUT2D eigenvalue weighted by Gasteiger charge is -2.27. The van der Waals surface area contributed by atoms with Crippen molar-refractivity contribution in [1.29, 1.82) is 0 Å². The van der Waals surface area contributed by atoms with E-state index < -0.39 is 11.5 Å². The molecular weight excluding hydrogens is 306 g/mol. The van der Waals surface area contributed by atoms with Gasteiger partial charge in [-0.05, 0) is 31.5 Å². The van der Waals surface area contributed by atoms with E-state index in [0.29, 0.717) is 6.42 Å². The van der Waals surface area contributed by atoms with Crippen molar-refractivity contribution in [3.63, 3.8) is 0 Å². The molecule has 0 saturated heterocycles. The van der Waals surface area contributed by atoms with Crippen LogP contribution in [0.2, 0.25) is 0 Å². The van der Waals surface area contributed by atoms with Crippen LogP contribution >= 0.6 is 15.9 Å².